The molecule has 0 unspecified atom stereocenters. The summed E-state index contributed by atoms with van der Waals surface area (Å²) in [7, 11) is 0. The summed E-state index contributed by atoms with van der Waals surface area (Å²) in [6.07, 6.45) is 4.68. The van der Waals surface area contributed by atoms with Crippen molar-refractivity contribution in [2.75, 3.05) is 11.1 Å². The second-order valence-electron chi connectivity index (χ2n) is 7.16. The van der Waals surface area contributed by atoms with Gasteiger partial charge in [0.25, 0.3) is 0 Å². The maximum atomic E-state index is 12.6. The molecule has 1 N–H and O–H groups in total. The molecule has 0 aliphatic heterocycles. The smallest absolute Gasteiger partial charge is 0.234 e. The maximum Gasteiger partial charge on any atom is 0.234 e. The van der Waals surface area contributed by atoms with Crippen LogP contribution in [0, 0.1) is 13.8 Å². The first kappa shape index (κ1) is 21.9. The van der Waals surface area contributed by atoms with E-state index in [-0.39, 0.29) is 5.91 Å². The molecule has 1 saturated carbocycles. The van der Waals surface area contributed by atoms with Crippen LogP contribution in [0.5, 0.6) is 0 Å². The van der Waals surface area contributed by atoms with Gasteiger partial charge in [-0.25, -0.2) is 0 Å². The number of benzene rings is 2. The lowest BCUT2D eigenvalue weighted by Crippen LogP contribution is -2.27. The summed E-state index contributed by atoms with van der Waals surface area (Å²) in [6.45, 7) is 4.05. The van der Waals surface area contributed by atoms with Gasteiger partial charge in [-0.3, -0.25) is 4.79 Å². The lowest BCUT2D eigenvalue weighted by molar-refractivity contribution is -0.113. The van der Waals surface area contributed by atoms with Crippen molar-refractivity contribution < 1.29 is 4.79 Å². The van der Waals surface area contributed by atoms with Crippen LogP contribution in [0.25, 0.3) is 0 Å². The van der Waals surface area contributed by atoms with Crippen LogP contribution in [0.1, 0.15) is 36.8 Å². The first-order valence-corrected chi connectivity index (χ1v) is 12.2. The summed E-state index contributed by atoms with van der Waals surface area (Å²) in [5.41, 5.74) is 3.13. The van der Waals surface area contributed by atoms with Crippen LogP contribution in [-0.2, 0) is 4.79 Å². The van der Waals surface area contributed by atoms with Gasteiger partial charge in [0.05, 0.1) is 15.8 Å². The van der Waals surface area contributed by atoms with Crippen molar-refractivity contribution in [3.63, 3.8) is 0 Å². The van der Waals surface area contributed by atoms with Crippen LogP contribution >= 0.6 is 46.7 Å². The number of thioether (sulfide) groups is 2. The van der Waals surface area contributed by atoms with Gasteiger partial charge in [0.1, 0.15) is 0 Å². The Morgan fingerprint density at radius 2 is 1.57 bits per heavy atom. The molecule has 2 aromatic carbocycles. The van der Waals surface area contributed by atoms with E-state index in [1.54, 1.807) is 23.5 Å². The van der Waals surface area contributed by atoms with Crippen LogP contribution in [0.3, 0.4) is 0 Å². The van der Waals surface area contributed by atoms with Crippen LogP contribution < -0.4 is 5.32 Å². The van der Waals surface area contributed by atoms with Crippen LogP contribution in [0.4, 0.5) is 5.69 Å². The molecule has 1 fully saturated rings. The SMILES string of the molecule is Cc1cccc(C)c1NC(=O)CS[C@@H]1CCCC[C@H]1Sc1c(Cl)cccc1Cl. The number of anilines is 1. The third kappa shape index (κ3) is 5.63. The largest absolute Gasteiger partial charge is 0.325 e. The number of aryl methyl sites for hydroxylation is 2. The Hall–Kier alpha value is -0.810. The van der Waals surface area contributed by atoms with E-state index in [9.17, 15) is 4.79 Å². The van der Waals surface area contributed by atoms with E-state index in [0.29, 0.717) is 26.3 Å². The van der Waals surface area contributed by atoms with Crippen LogP contribution in [-0.4, -0.2) is 22.2 Å². The molecule has 1 amide bonds. The highest BCUT2D eigenvalue weighted by molar-refractivity contribution is 8.04. The Kier molecular flexibility index (Phi) is 8.04. The summed E-state index contributed by atoms with van der Waals surface area (Å²) in [6, 6.07) is 11.7. The average molecular weight is 454 g/mol. The molecule has 0 heterocycles. The number of carbonyl (C=O) groups excluding carboxylic acids is 1. The molecule has 0 bridgehead atoms. The molecule has 0 aromatic heterocycles. The van der Waals surface area contributed by atoms with Crippen molar-refractivity contribution in [1.29, 1.82) is 0 Å². The number of para-hydroxylation sites is 1. The minimum Gasteiger partial charge on any atom is -0.325 e. The summed E-state index contributed by atoms with van der Waals surface area (Å²) in [4.78, 5) is 13.5. The van der Waals surface area contributed by atoms with Gasteiger partial charge in [-0.1, -0.05) is 60.3 Å². The monoisotopic (exact) mass is 453 g/mol. The Bertz CT molecular complexity index is 803. The zero-order valence-corrected chi connectivity index (χ0v) is 19.3. The second kappa shape index (κ2) is 10.3. The van der Waals surface area contributed by atoms with Crippen LogP contribution in [0.15, 0.2) is 41.3 Å². The lowest BCUT2D eigenvalue weighted by Gasteiger charge is -2.31. The number of hydrogen-bond donors (Lipinski definition) is 1. The first-order valence-electron chi connectivity index (χ1n) is 9.54. The Morgan fingerprint density at radius 1 is 1.00 bits per heavy atom. The van der Waals surface area contributed by atoms with Crippen molar-refractivity contribution in [3.8, 4) is 0 Å². The fourth-order valence-electron chi connectivity index (χ4n) is 3.50. The number of hydrogen-bond acceptors (Lipinski definition) is 3. The third-order valence-electron chi connectivity index (χ3n) is 5.00. The van der Waals surface area contributed by atoms with Crippen molar-refractivity contribution >= 4 is 58.3 Å². The zero-order valence-electron chi connectivity index (χ0n) is 16.1. The molecule has 0 saturated heterocycles. The van der Waals surface area contributed by atoms with Gasteiger partial charge in [0.15, 0.2) is 0 Å². The highest BCUT2D eigenvalue weighted by atomic mass is 35.5. The van der Waals surface area contributed by atoms with Gasteiger partial charge in [0.2, 0.25) is 5.91 Å². The van der Waals surface area contributed by atoms with E-state index < -0.39 is 0 Å². The van der Waals surface area contributed by atoms with Crippen LogP contribution in [0.2, 0.25) is 10.0 Å². The summed E-state index contributed by atoms with van der Waals surface area (Å²) < 4.78 is 0. The van der Waals surface area contributed by atoms with E-state index in [1.165, 1.54) is 12.8 Å². The third-order valence-corrected chi connectivity index (χ3v) is 8.99. The van der Waals surface area contributed by atoms with Crippen molar-refractivity contribution in [3.05, 3.63) is 57.6 Å². The van der Waals surface area contributed by atoms with Crippen molar-refractivity contribution in [1.82, 2.24) is 0 Å². The fraction of sp³-hybridized carbons (Fsp3) is 0.409. The van der Waals surface area contributed by atoms with E-state index in [4.69, 9.17) is 23.2 Å². The predicted molar refractivity (Wildman–Crippen MR) is 125 cm³/mol. The Morgan fingerprint density at radius 3 is 2.21 bits per heavy atom. The maximum absolute atomic E-state index is 12.6. The first-order chi connectivity index (χ1) is 13.5. The summed E-state index contributed by atoms with van der Waals surface area (Å²) in [5, 5.41) is 5.35. The molecule has 0 spiro atoms. The molecular weight excluding hydrogens is 429 g/mol. The molecule has 3 rings (SSSR count). The van der Waals surface area contributed by atoms with E-state index in [0.717, 1.165) is 34.6 Å². The molecule has 0 radical (unpaired) electrons. The van der Waals surface area contributed by atoms with Gasteiger partial charge in [-0.05, 0) is 49.9 Å². The fourth-order valence-corrected chi connectivity index (χ4v) is 6.93. The summed E-state index contributed by atoms with van der Waals surface area (Å²) >= 11 is 16.3. The summed E-state index contributed by atoms with van der Waals surface area (Å²) in [5.74, 6) is 0.527. The standard InChI is InChI=1S/C22H25Cl2NOS2/c1-14-7-5-8-15(2)21(14)25-20(26)13-27-18-11-3-4-12-19(18)28-22-16(23)9-6-10-17(22)24/h5-10,18-19H,3-4,11-13H2,1-2H3,(H,25,26)/t18-,19-/m1/s1. The van der Waals surface area contributed by atoms with E-state index in [2.05, 4.69) is 5.32 Å². The van der Waals surface area contributed by atoms with Crippen molar-refractivity contribution in [2.45, 2.75) is 54.9 Å². The molecule has 2 nitrogen and oxygen atoms in total. The number of nitrogens with one attached hydrogen (secondary N) is 1. The molecule has 1 aliphatic rings. The molecule has 2 aromatic rings. The minimum atomic E-state index is 0.0625. The Labute approximate surface area is 186 Å². The number of amides is 1. The quantitative estimate of drug-likeness (QED) is 0.494. The zero-order chi connectivity index (χ0) is 20.1. The average Bonchev–Trinajstić information content (AvgIpc) is 2.67. The molecule has 1 aliphatic carbocycles. The highest BCUT2D eigenvalue weighted by Gasteiger charge is 2.28. The second-order valence-corrected chi connectivity index (χ2v) is 10.4. The number of rotatable bonds is 6. The normalized spacial score (nSPS) is 19.4. The lowest BCUT2D eigenvalue weighted by atomic mass is 10.00. The van der Waals surface area contributed by atoms with E-state index in [1.807, 2.05) is 50.2 Å². The van der Waals surface area contributed by atoms with Gasteiger partial charge < -0.3 is 5.32 Å². The van der Waals surface area contributed by atoms with Crippen molar-refractivity contribution in [2.24, 2.45) is 0 Å². The molecule has 2 atom stereocenters. The van der Waals surface area contributed by atoms with Gasteiger partial charge in [-0.2, -0.15) is 0 Å². The molecular formula is C22H25Cl2NOS2. The highest BCUT2D eigenvalue weighted by Crippen LogP contribution is 2.44. The number of carbonyl (C=O) groups is 1. The molecule has 6 heteroatoms. The molecule has 28 heavy (non-hydrogen) atoms. The number of halogens is 2. The van der Waals surface area contributed by atoms with E-state index >= 15 is 0 Å². The van der Waals surface area contributed by atoms with Gasteiger partial charge in [-0.15, -0.1) is 23.5 Å². The van der Waals surface area contributed by atoms with Gasteiger partial charge >= 0.3 is 0 Å². The molecule has 150 valence electrons. The minimum absolute atomic E-state index is 0.0625. The van der Waals surface area contributed by atoms with Gasteiger partial charge in [0, 0.05) is 21.1 Å². The predicted octanol–water partition coefficient (Wildman–Crippen LogP) is 7.39. The Balaban J connectivity index is 1.61. The topological polar surface area (TPSA) is 29.1 Å².